The van der Waals surface area contributed by atoms with Crippen molar-refractivity contribution in [2.24, 2.45) is 0 Å². The fourth-order valence-electron chi connectivity index (χ4n) is 3.29. The molecule has 0 saturated heterocycles. The van der Waals surface area contributed by atoms with Gasteiger partial charge in [-0.2, -0.15) is 0 Å². The van der Waals surface area contributed by atoms with Crippen LogP contribution in [0.1, 0.15) is 48.9 Å². The molecule has 12 heteroatoms. The Hall–Kier alpha value is -3.83. The first-order valence-electron chi connectivity index (χ1n) is 9.52. The third-order valence-corrected chi connectivity index (χ3v) is 4.84. The second-order valence-corrected chi connectivity index (χ2v) is 6.89. The molecule has 0 spiro atoms. The van der Waals surface area contributed by atoms with Crippen molar-refractivity contribution in [2.75, 3.05) is 10.7 Å². The summed E-state index contributed by atoms with van der Waals surface area (Å²) in [6.07, 6.45) is 7.37. The van der Waals surface area contributed by atoms with E-state index in [1.807, 2.05) is 0 Å². The number of rotatable bonds is 7. The van der Waals surface area contributed by atoms with Gasteiger partial charge < -0.3 is 5.32 Å². The molecular weight excluding hydrogens is 394 g/mol. The first-order chi connectivity index (χ1) is 14.5. The van der Waals surface area contributed by atoms with Gasteiger partial charge >= 0.3 is 5.69 Å². The average Bonchev–Trinajstić information content (AvgIpc) is 3.00. The number of benzene rings is 1. The minimum absolute atomic E-state index is 0.0867. The molecule has 1 aliphatic carbocycles. The molecule has 0 atom stereocenters. The van der Waals surface area contributed by atoms with E-state index in [1.165, 1.54) is 30.6 Å². The van der Waals surface area contributed by atoms with E-state index in [2.05, 4.69) is 26.1 Å². The number of aromatic nitrogens is 2. The number of carbonyl (C=O) groups is 1. The smallest absolute Gasteiger partial charge is 0.354 e. The van der Waals surface area contributed by atoms with Gasteiger partial charge in [0.2, 0.25) is 11.6 Å². The quantitative estimate of drug-likeness (QED) is 0.350. The van der Waals surface area contributed by atoms with E-state index in [9.17, 15) is 25.0 Å². The number of nitrogens with zero attached hydrogens (tertiary/aromatic N) is 4. The van der Waals surface area contributed by atoms with E-state index >= 15 is 0 Å². The van der Waals surface area contributed by atoms with Crippen LogP contribution in [0.4, 0.5) is 23.0 Å². The summed E-state index contributed by atoms with van der Waals surface area (Å²) in [7, 11) is 0. The largest absolute Gasteiger partial charge is 0.361 e. The molecule has 1 saturated carbocycles. The topological polar surface area (TPSA) is 165 Å². The highest BCUT2D eigenvalue weighted by Gasteiger charge is 2.25. The number of non-ortho nitro benzene ring substituents is 1. The van der Waals surface area contributed by atoms with Gasteiger partial charge in [0.1, 0.15) is 6.33 Å². The van der Waals surface area contributed by atoms with E-state index in [0.29, 0.717) is 0 Å². The lowest BCUT2D eigenvalue weighted by molar-refractivity contribution is -0.384. The van der Waals surface area contributed by atoms with Gasteiger partial charge in [-0.05, 0) is 25.0 Å². The summed E-state index contributed by atoms with van der Waals surface area (Å²) in [5, 5.41) is 25.5. The average molecular weight is 415 g/mol. The molecule has 3 rings (SSSR count). The van der Waals surface area contributed by atoms with Crippen LogP contribution in [0.3, 0.4) is 0 Å². The number of nitro benzene ring substituents is 1. The third kappa shape index (κ3) is 5.16. The van der Waals surface area contributed by atoms with Crippen LogP contribution in [0.15, 0.2) is 30.6 Å². The molecule has 1 fully saturated rings. The zero-order chi connectivity index (χ0) is 21.5. The monoisotopic (exact) mass is 415 g/mol. The van der Waals surface area contributed by atoms with Crippen molar-refractivity contribution >= 4 is 28.9 Å². The standard InChI is InChI=1S/C18H21N7O5/c26-18(12-7-9-14(10-8-12)24(27)28)23-22-17-15(25(29)30)16(19-11-20-17)21-13-5-3-1-2-4-6-13/h7-11,13H,1-6H2,(H,23,26)(H2,19,20,21,22). The molecule has 30 heavy (non-hydrogen) atoms. The fourth-order valence-corrected chi connectivity index (χ4v) is 3.29. The van der Waals surface area contributed by atoms with Gasteiger partial charge in [0, 0.05) is 23.7 Å². The van der Waals surface area contributed by atoms with Crippen LogP contribution in [-0.2, 0) is 0 Å². The van der Waals surface area contributed by atoms with Crippen LogP contribution in [0.5, 0.6) is 0 Å². The lowest BCUT2D eigenvalue weighted by Gasteiger charge is -2.17. The van der Waals surface area contributed by atoms with Crippen molar-refractivity contribution in [3.63, 3.8) is 0 Å². The molecule has 2 aromatic rings. The highest BCUT2D eigenvalue weighted by atomic mass is 16.6. The third-order valence-electron chi connectivity index (χ3n) is 4.84. The Morgan fingerprint density at radius 1 is 0.933 bits per heavy atom. The number of amides is 1. The van der Waals surface area contributed by atoms with E-state index in [4.69, 9.17) is 0 Å². The van der Waals surface area contributed by atoms with Crippen LogP contribution < -0.4 is 16.2 Å². The van der Waals surface area contributed by atoms with Crippen molar-refractivity contribution in [2.45, 2.75) is 44.6 Å². The summed E-state index contributed by atoms with van der Waals surface area (Å²) in [6, 6.07) is 5.03. The normalized spacial score (nSPS) is 14.4. The summed E-state index contributed by atoms with van der Waals surface area (Å²) < 4.78 is 0. The zero-order valence-electron chi connectivity index (χ0n) is 16.0. The number of nitro groups is 2. The molecule has 1 aliphatic rings. The maximum Gasteiger partial charge on any atom is 0.354 e. The van der Waals surface area contributed by atoms with Gasteiger partial charge in [-0.1, -0.05) is 25.7 Å². The molecule has 158 valence electrons. The van der Waals surface area contributed by atoms with Crippen LogP contribution in [0.2, 0.25) is 0 Å². The second kappa shape index (κ2) is 9.58. The van der Waals surface area contributed by atoms with Gasteiger partial charge in [-0.3, -0.25) is 35.9 Å². The number of carbonyl (C=O) groups excluding carboxylic acids is 1. The Labute approximate surface area is 171 Å². The van der Waals surface area contributed by atoms with E-state index in [-0.39, 0.29) is 34.6 Å². The molecule has 12 nitrogen and oxygen atoms in total. The Morgan fingerprint density at radius 2 is 1.57 bits per heavy atom. The maximum atomic E-state index is 12.2. The van der Waals surface area contributed by atoms with Crippen LogP contribution in [0.25, 0.3) is 0 Å². The lowest BCUT2D eigenvalue weighted by Crippen LogP contribution is -2.30. The molecule has 0 aliphatic heterocycles. The van der Waals surface area contributed by atoms with Crippen molar-refractivity contribution in [1.82, 2.24) is 15.4 Å². The van der Waals surface area contributed by atoms with Crippen molar-refractivity contribution in [1.29, 1.82) is 0 Å². The number of hydrogen-bond donors (Lipinski definition) is 3. The van der Waals surface area contributed by atoms with Crippen molar-refractivity contribution in [3.8, 4) is 0 Å². The van der Waals surface area contributed by atoms with Gasteiger partial charge in [-0.15, -0.1) is 0 Å². The van der Waals surface area contributed by atoms with Crippen LogP contribution in [-0.4, -0.2) is 31.8 Å². The van der Waals surface area contributed by atoms with E-state index in [0.717, 1.165) is 38.5 Å². The highest BCUT2D eigenvalue weighted by Crippen LogP contribution is 2.30. The van der Waals surface area contributed by atoms with Gasteiger partial charge in [-0.25, -0.2) is 9.97 Å². The maximum absolute atomic E-state index is 12.2. The van der Waals surface area contributed by atoms with E-state index in [1.54, 1.807) is 0 Å². The number of nitrogens with one attached hydrogen (secondary N) is 3. The molecule has 1 aromatic carbocycles. The Morgan fingerprint density at radius 3 is 2.17 bits per heavy atom. The molecule has 0 bridgehead atoms. The SMILES string of the molecule is O=C(NNc1ncnc(NC2CCCCCC2)c1[N+](=O)[O-])c1ccc([N+](=O)[O-])cc1. The summed E-state index contributed by atoms with van der Waals surface area (Å²) in [5.41, 5.74) is 4.39. The minimum Gasteiger partial charge on any atom is -0.361 e. The van der Waals surface area contributed by atoms with Crippen LogP contribution in [0, 0.1) is 20.2 Å². The predicted molar refractivity (Wildman–Crippen MR) is 108 cm³/mol. The summed E-state index contributed by atoms with van der Waals surface area (Å²) in [5.74, 6) is -0.702. The summed E-state index contributed by atoms with van der Waals surface area (Å²) in [6.45, 7) is 0. The number of hydrazine groups is 1. The first-order valence-corrected chi connectivity index (χ1v) is 9.52. The number of anilines is 2. The molecular formula is C18H21N7O5. The molecule has 3 N–H and O–H groups in total. The molecule has 1 aromatic heterocycles. The zero-order valence-corrected chi connectivity index (χ0v) is 16.0. The minimum atomic E-state index is -0.629. The van der Waals surface area contributed by atoms with Crippen LogP contribution >= 0.6 is 0 Å². The molecule has 1 heterocycles. The van der Waals surface area contributed by atoms with E-state index < -0.39 is 15.8 Å². The first kappa shape index (κ1) is 20.9. The van der Waals surface area contributed by atoms with Gasteiger partial charge in [0.15, 0.2) is 0 Å². The van der Waals surface area contributed by atoms with Gasteiger partial charge in [0.25, 0.3) is 11.6 Å². The fraction of sp³-hybridized carbons (Fsp3) is 0.389. The lowest BCUT2D eigenvalue weighted by atomic mass is 10.1. The Bertz CT molecular complexity index is 927. The molecule has 1 amide bonds. The van der Waals surface area contributed by atoms with Crippen molar-refractivity contribution < 1.29 is 14.6 Å². The highest BCUT2D eigenvalue weighted by molar-refractivity contribution is 5.95. The predicted octanol–water partition coefficient (Wildman–Crippen LogP) is 3.18. The van der Waals surface area contributed by atoms with Crippen molar-refractivity contribution in [3.05, 3.63) is 56.4 Å². The molecule has 0 unspecified atom stereocenters. The van der Waals surface area contributed by atoms with Gasteiger partial charge in [0.05, 0.1) is 9.85 Å². The Balaban J connectivity index is 1.72. The molecule has 0 radical (unpaired) electrons. The Kier molecular flexibility index (Phi) is 6.67. The number of hydrogen-bond acceptors (Lipinski definition) is 9. The second-order valence-electron chi connectivity index (χ2n) is 6.89. The summed E-state index contributed by atoms with van der Waals surface area (Å²) in [4.78, 5) is 41.3. The summed E-state index contributed by atoms with van der Waals surface area (Å²) >= 11 is 0.